The Kier molecular flexibility index (Phi) is 5.04. The number of aryl methyl sites for hydroxylation is 1. The molecule has 0 radical (unpaired) electrons. The van der Waals surface area contributed by atoms with E-state index in [9.17, 15) is 4.79 Å². The van der Waals surface area contributed by atoms with Gasteiger partial charge in [-0.25, -0.2) is 0 Å². The number of anilines is 3. The number of hydrogen-bond acceptors (Lipinski definition) is 3. The first-order valence-electron chi connectivity index (χ1n) is 8.72. The summed E-state index contributed by atoms with van der Waals surface area (Å²) in [6, 6.07) is 13.6. The highest BCUT2D eigenvalue weighted by Gasteiger charge is 2.19. The summed E-state index contributed by atoms with van der Waals surface area (Å²) in [5.41, 5.74) is 10.2. The molecule has 0 atom stereocenters. The van der Waals surface area contributed by atoms with Crippen molar-refractivity contribution in [2.75, 3.05) is 29.0 Å². The average Bonchev–Trinajstić information content (AvgIpc) is 2.63. The molecular formula is C20H25N3O. The maximum Gasteiger partial charge on any atom is 0.257 e. The predicted molar refractivity (Wildman–Crippen MR) is 101 cm³/mol. The van der Waals surface area contributed by atoms with E-state index in [2.05, 4.69) is 17.1 Å². The van der Waals surface area contributed by atoms with Gasteiger partial charge in [0.2, 0.25) is 0 Å². The Morgan fingerprint density at radius 3 is 2.46 bits per heavy atom. The Morgan fingerprint density at radius 1 is 1.08 bits per heavy atom. The summed E-state index contributed by atoms with van der Waals surface area (Å²) in [5.74, 6) is -0.105. The van der Waals surface area contributed by atoms with Crippen LogP contribution in [-0.2, 0) is 6.42 Å². The lowest BCUT2D eigenvalue weighted by atomic mass is 10.1. The van der Waals surface area contributed by atoms with Crippen molar-refractivity contribution in [1.82, 2.24) is 0 Å². The number of nitrogens with two attached hydrogens (primary N) is 1. The number of carbonyl (C=O) groups is 1. The van der Waals surface area contributed by atoms with Crippen LogP contribution in [0.4, 0.5) is 17.1 Å². The van der Waals surface area contributed by atoms with Crippen LogP contribution >= 0.6 is 0 Å². The van der Waals surface area contributed by atoms with Gasteiger partial charge in [0.15, 0.2) is 0 Å². The first kappa shape index (κ1) is 16.4. The Morgan fingerprint density at radius 2 is 1.79 bits per heavy atom. The quantitative estimate of drug-likeness (QED) is 0.834. The van der Waals surface area contributed by atoms with Gasteiger partial charge in [-0.05, 0) is 61.6 Å². The van der Waals surface area contributed by atoms with Gasteiger partial charge in [-0.15, -0.1) is 0 Å². The van der Waals surface area contributed by atoms with E-state index in [4.69, 9.17) is 5.73 Å². The molecule has 126 valence electrons. The molecule has 0 aromatic heterocycles. The van der Waals surface area contributed by atoms with Crippen molar-refractivity contribution in [1.29, 1.82) is 0 Å². The fourth-order valence-corrected chi connectivity index (χ4v) is 3.17. The molecule has 3 rings (SSSR count). The molecule has 0 spiro atoms. The molecule has 3 N–H and O–H groups in total. The summed E-state index contributed by atoms with van der Waals surface area (Å²) in [6.07, 6.45) is 4.59. The highest BCUT2D eigenvalue weighted by molar-refractivity contribution is 6.08. The van der Waals surface area contributed by atoms with Crippen LogP contribution in [0.2, 0.25) is 0 Å². The van der Waals surface area contributed by atoms with Crippen molar-refractivity contribution in [2.45, 2.75) is 32.6 Å². The number of nitrogens with one attached hydrogen (secondary N) is 1. The zero-order valence-electron chi connectivity index (χ0n) is 14.2. The third-order valence-electron chi connectivity index (χ3n) is 4.58. The molecular weight excluding hydrogens is 298 g/mol. The second kappa shape index (κ2) is 7.39. The van der Waals surface area contributed by atoms with Crippen LogP contribution in [-0.4, -0.2) is 19.0 Å². The molecule has 1 fully saturated rings. The molecule has 4 heteroatoms. The van der Waals surface area contributed by atoms with E-state index in [1.54, 1.807) is 6.07 Å². The highest BCUT2D eigenvalue weighted by Crippen LogP contribution is 2.27. The van der Waals surface area contributed by atoms with E-state index in [1.807, 2.05) is 36.4 Å². The van der Waals surface area contributed by atoms with Crippen LogP contribution in [0.1, 0.15) is 42.1 Å². The van der Waals surface area contributed by atoms with Gasteiger partial charge >= 0.3 is 0 Å². The minimum atomic E-state index is -0.105. The van der Waals surface area contributed by atoms with Crippen molar-refractivity contribution in [3.05, 3.63) is 53.6 Å². The van der Waals surface area contributed by atoms with Crippen molar-refractivity contribution < 1.29 is 4.79 Å². The molecule has 2 aromatic carbocycles. The Hall–Kier alpha value is -2.49. The summed E-state index contributed by atoms with van der Waals surface area (Å²) in [6.45, 7) is 4.11. The second-order valence-electron chi connectivity index (χ2n) is 6.33. The maximum absolute atomic E-state index is 12.8. The lowest BCUT2D eigenvalue weighted by molar-refractivity contribution is 0.102. The van der Waals surface area contributed by atoms with Crippen LogP contribution in [0.5, 0.6) is 0 Å². The van der Waals surface area contributed by atoms with Crippen LogP contribution in [0.15, 0.2) is 42.5 Å². The number of carbonyl (C=O) groups excluding carboxylic acids is 1. The molecule has 0 bridgehead atoms. The van der Waals surface area contributed by atoms with E-state index >= 15 is 0 Å². The minimum Gasteiger partial charge on any atom is -0.399 e. The number of rotatable bonds is 4. The number of amides is 1. The largest absolute Gasteiger partial charge is 0.399 e. The van der Waals surface area contributed by atoms with E-state index in [-0.39, 0.29) is 5.91 Å². The molecule has 1 heterocycles. The molecule has 4 nitrogen and oxygen atoms in total. The van der Waals surface area contributed by atoms with Gasteiger partial charge in [-0.3, -0.25) is 4.79 Å². The molecule has 2 aromatic rings. The summed E-state index contributed by atoms with van der Waals surface area (Å²) in [5, 5.41) is 3.00. The van der Waals surface area contributed by atoms with Gasteiger partial charge in [0.05, 0.1) is 5.56 Å². The topological polar surface area (TPSA) is 58.4 Å². The molecule has 1 saturated heterocycles. The summed E-state index contributed by atoms with van der Waals surface area (Å²) >= 11 is 0. The summed E-state index contributed by atoms with van der Waals surface area (Å²) < 4.78 is 0. The lowest BCUT2D eigenvalue weighted by Gasteiger charge is -2.30. The second-order valence-corrected chi connectivity index (χ2v) is 6.33. The number of nitrogen functional groups attached to an aromatic ring is 1. The van der Waals surface area contributed by atoms with E-state index in [1.165, 1.54) is 24.8 Å². The molecule has 0 unspecified atom stereocenters. The molecule has 1 amide bonds. The zero-order valence-corrected chi connectivity index (χ0v) is 14.2. The summed E-state index contributed by atoms with van der Waals surface area (Å²) in [4.78, 5) is 15.1. The van der Waals surface area contributed by atoms with E-state index in [0.717, 1.165) is 30.9 Å². The third-order valence-corrected chi connectivity index (χ3v) is 4.58. The van der Waals surface area contributed by atoms with Crippen molar-refractivity contribution in [3.8, 4) is 0 Å². The van der Waals surface area contributed by atoms with Gasteiger partial charge in [-0.2, -0.15) is 0 Å². The van der Waals surface area contributed by atoms with Crippen LogP contribution < -0.4 is 16.0 Å². The number of piperidine rings is 1. The average molecular weight is 323 g/mol. The van der Waals surface area contributed by atoms with Crippen LogP contribution in [0, 0.1) is 0 Å². The zero-order chi connectivity index (χ0) is 16.9. The smallest absolute Gasteiger partial charge is 0.257 e. The number of hydrogen-bond donors (Lipinski definition) is 2. The summed E-state index contributed by atoms with van der Waals surface area (Å²) in [7, 11) is 0. The van der Waals surface area contributed by atoms with Gasteiger partial charge in [-0.1, -0.05) is 19.1 Å². The predicted octanol–water partition coefficient (Wildman–Crippen LogP) is 4.07. The first-order valence-corrected chi connectivity index (χ1v) is 8.72. The Bertz CT molecular complexity index is 703. The fraction of sp³-hybridized carbons (Fsp3) is 0.350. The highest BCUT2D eigenvalue weighted by atomic mass is 16.1. The van der Waals surface area contributed by atoms with Crippen molar-refractivity contribution in [2.24, 2.45) is 0 Å². The van der Waals surface area contributed by atoms with Gasteiger partial charge in [0.25, 0.3) is 5.91 Å². The van der Waals surface area contributed by atoms with Gasteiger partial charge in [0, 0.05) is 30.2 Å². The molecule has 24 heavy (non-hydrogen) atoms. The van der Waals surface area contributed by atoms with Crippen molar-refractivity contribution in [3.63, 3.8) is 0 Å². The standard InChI is InChI=1S/C20H25N3O/c1-2-15-6-9-17(10-7-15)22-20(24)18-14-16(21)8-11-19(18)23-12-4-3-5-13-23/h6-11,14H,2-5,12-13,21H2,1H3,(H,22,24). The van der Waals surface area contributed by atoms with Gasteiger partial charge in [0.1, 0.15) is 0 Å². The Labute approximate surface area is 143 Å². The van der Waals surface area contributed by atoms with E-state index < -0.39 is 0 Å². The molecule has 0 aliphatic carbocycles. The van der Waals surface area contributed by atoms with E-state index in [0.29, 0.717) is 11.3 Å². The minimum absolute atomic E-state index is 0.105. The maximum atomic E-state index is 12.8. The molecule has 0 saturated carbocycles. The normalized spacial score (nSPS) is 14.5. The Balaban J connectivity index is 1.83. The van der Waals surface area contributed by atoms with Crippen LogP contribution in [0.3, 0.4) is 0 Å². The SMILES string of the molecule is CCc1ccc(NC(=O)c2cc(N)ccc2N2CCCCC2)cc1. The van der Waals surface area contributed by atoms with Gasteiger partial charge < -0.3 is 16.0 Å². The fourth-order valence-electron chi connectivity index (χ4n) is 3.17. The number of benzene rings is 2. The lowest BCUT2D eigenvalue weighted by Crippen LogP contribution is -2.31. The van der Waals surface area contributed by atoms with Crippen LogP contribution in [0.25, 0.3) is 0 Å². The van der Waals surface area contributed by atoms with Crippen molar-refractivity contribution >= 4 is 23.0 Å². The monoisotopic (exact) mass is 323 g/mol. The molecule has 1 aliphatic heterocycles. The first-order chi connectivity index (χ1) is 11.7. The molecule has 1 aliphatic rings. The third kappa shape index (κ3) is 3.70. The number of nitrogens with zero attached hydrogens (tertiary/aromatic N) is 1.